The first-order valence-electron chi connectivity index (χ1n) is 13.4. The minimum absolute atomic E-state index is 0.0501. The van der Waals surface area contributed by atoms with E-state index in [9.17, 15) is 9.59 Å². The van der Waals surface area contributed by atoms with Gasteiger partial charge in [-0.1, -0.05) is 35.0 Å². The summed E-state index contributed by atoms with van der Waals surface area (Å²) in [6.07, 6.45) is 7.57. The maximum atomic E-state index is 15.4. The van der Waals surface area contributed by atoms with Gasteiger partial charge < -0.3 is 10.5 Å². The molecule has 14 nitrogen and oxygen atoms in total. The van der Waals surface area contributed by atoms with Crippen LogP contribution in [0.3, 0.4) is 0 Å². The molecular formula is C29H24ClFN11O3+. The lowest BCUT2D eigenvalue weighted by Crippen LogP contribution is -2.33. The molecule has 0 saturated carbocycles. The van der Waals surface area contributed by atoms with E-state index in [4.69, 9.17) is 17.3 Å². The van der Waals surface area contributed by atoms with E-state index >= 15 is 4.39 Å². The predicted molar refractivity (Wildman–Crippen MR) is 159 cm³/mol. The Morgan fingerprint density at radius 1 is 1.09 bits per heavy atom. The van der Waals surface area contributed by atoms with E-state index in [1.165, 1.54) is 30.3 Å². The molecule has 226 valence electrons. The minimum atomic E-state index is -0.649. The number of rotatable bonds is 9. The third kappa shape index (κ3) is 6.09. The lowest BCUT2D eigenvalue weighted by atomic mass is 10.0. The largest absolute Gasteiger partial charge is 0.453 e. The van der Waals surface area contributed by atoms with Crippen molar-refractivity contribution in [2.24, 2.45) is 5.73 Å². The van der Waals surface area contributed by atoms with Crippen molar-refractivity contribution in [3.8, 4) is 27.9 Å². The number of benzene rings is 2. The van der Waals surface area contributed by atoms with Gasteiger partial charge in [-0.15, -0.1) is 4.68 Å². The van der Waals surface area contributed by atoms with E-state index in [1.807, 2.05) is 18.3 Å². The van der Waals surface area contributed by atoms with Crippen molar-refractivity contribution < 1.29 is 23.4 Å². The number of halogens is 2. The van der Waals surface area contributed by atoms with E-state index in [1.54, 1.807) is 58.3 Å². The number of ether oxygens (including phenoxy) is 1. The van der Waals surface area contributed by atoms with Crippen LogP contribution in [0.4, 0.5) is 14.9 Å². The number of nitrogens with one attached hydrogen (secondary N) is 2. The Labute approximate surface area is 259 Å². The third-order valence-corrected chi connectivity index (χ3v) is 7.24. The summed E-state index contributed by atoms with van der Waals surface area (Å²) in [5.74, 6) is -1.27. The van der Waals surface area contributed by atoms with Gasteiger partial charge in [-0.3, -0.25) is 24.5 Å². The van der Waals surface area contributed by atoms with Gasteiger partial charge in [0.05, 0.1) is 36.1 Å². The fourth-order valence-electron chi connectivity index (χ4n) is 4.72. The summed E-state index contributed by atoms with van der Waals surface area (Å²) in [5.41, 5.74) is 9.45. The average molecular weight is 629 g/mol. The number of amides is 2. The molecule has 16 heteroatoms. The zero-order chi connectivity index (χ0) is 31.5. The number of carbonyl (C=O) groups excluding carboxylic acids is 2. The van der Waals surface area contributed by atoms with E-state index in [2.05, 4.69) is 40.8 Å². The number of carbonyl (C=O) groups is 2. The van der Waals surface area contributed by atoms with Gasteiger partial charge in [-0.2, -0.15) is 10.2 Å². The number of anilines is 1. The fourth-order valence-corrected chi connectivity index (χ4v) is 4.87. The molecule has 0 spiro atoms. The summed E-state index contributed by atoms with van der Waals surface area (Å²) in [7, 11) is 1.29. The first kappa shape index (κ1) is 29.1. The molecule has 1 unspecified atom stereocenters. The number of aromatic amines is 1. The zero-order valence-corrected chi connectivity index (χ0v) is 24.3. The van der Waals surface area contributed by atoms with Crippen LogP contribution in [-0.2, 0) is 11.3 Å². The summed E-state index contributed by atoms with van der Waals surface area (Å²) in [6, 6.07) is 14.8. The number of tetrazole rings is 1. The number of aromatic nitrogens is 9. The van der Waals surface area contributed by atoms with E-state index < -0.39 is 23.9 Å². The second kappa shape index (κ2) is 12.3. The molecule has 6 rings (SSSR count). The Balaban J connectivity index is 1.35. The molecule has 4 N–H and O–H groups in total. The molecular weight excluding hydrogens is 605 g/mol. The van der Waals surface area contributed by atoms with Crippen molar-refractivity contribution in [2.45, 2.75) is 12.6 Å². The molecule has 0 aliphatic heterocycles. The molecule has 0 aliphatic carbocycles. The lowest BCUT2D eigenvalue weighted by molar-refractivity contribution is -0.659. The predicted octanol–water partition coefficient (Wildman–Crippen LogP) is 3.56. The van der Waals surface area contributed by atoms with E-state index in [-0.39, 0.29) is 22.8 Å². The van der Waals surface area contributed by atoms with Crippen LogP contribution in [0.5, 0.6) is 0 Å². The summed E-state index contributed by atoms with van der Waals surface area (Å²) in [4.78, 5) is 27.9. The number of hydrogen-bond acceptors (Lipinski definition) is 8. The highest BCUT2D eigenvalue weighted by molar-refractivity contribution is 6.31. The molecule has 4 heterocycles. The van der Waals surface area contributed by atoms with Crippen LogP contribution in [0.1, 0.15) is 22.2 Å². The van der Waals surface area contributed by atoms with Crippen molar-refractivity contribution in [2.75, 3.05) is 12.4 Å². The number of nitrogens with zero attached hydrogens (tertiary/aromatic N) is 8. The number of methoxy groups -OCH3 is 1. The highest BCUT2D eigenvalue weighted by Crippen LogP contribution is 2.32. The molecule has 2 amide bonds. The van der Waals surface area contributed by atoms with Crippen LogP contribution >= 0.6 is 11.6 Å². The van der Waals surface area contributed by atoms with Crippen LogP contribution < -0.4 is 15.7 Å². The quantitative estimate of drug-likeness (QED) is 0.204. The molecule has 1 atom stereocenters. The first-order valence-corrected chi connectivity index (χ1v) is 13.7. The Bertz CT molecular complexity index is 1970. The minimum Gasteiger partial charge on any atom is -0.453 e. The Hall–Kier alpha value is -5.96. The van der Waals surface area contributed by atoms with Gasteiger partial charge in [0.2, 0.25) is 0 Å². The van der Waals surface area contributed by atoms with Crippen molar-refractivity contribution in [1.29, 1.82) is 0 Å². The summed E-state index contributed by atoms with van der Waals surface area (Å²) < 4.78 is 24.8. The average Bonchev–Trinajstić information content (AvgIpc) is 3.85. The highest BCUT2D eigenvalue weighted by atomic mass is 35.5. The van der Waals surface area contributed by atoms with E-state index in [0.29, 0.717) is 22.6 Å². The van der Waals surface area contributed by atoms with Crippen molar-refractivity contribution in [1.82, 2.24) is 40.1 Å². The highest BCUT2D eigenvalue weighted by Gasteiger charge is 2.23. The fraction of sp³-hybridized carbons (Fsp3) is 0.103. The Morgan fingerprint density at radius 2 is 1.89 bits per heavy atom. The van der Waals surface area contributed by atoms with E-state index in [0.717, 1.165) is 11.1 Å². The van der Waals surface area contributed by atoms with Gasteiger partial charge in [0.15, 0.2) is 11.0 Å². The van der Waals surface area contributed by atoms with Crippen LogP contribution in [-0.4, -0.2) is 59.2 Å². The number of primary amides is 1. The summed E-state index contributed by atoms with van der Waals surface area (Å²) in [6.45, 7) is 0.245. The second-order valence-electron chi connectivity index (χ2n) is 9.73. The smallest absolute Gasteiger partial charge is 0.411 e. The normalized spacial score (nSPS) is 11.7. The van der Waals surface area contributed by atoms with Crippen LogP contribution in [0.2, 0.25) is 5.02 Å². The number of hydrogen-bond donors (Lipinski definition) is 3. The molecule has 0 saturated heterocycles. The third-order valence-electron chi connectivity index (χ3n) is 6.95. The lowest BCUT2D eigenvalue weighted by Gasteiger charge is -2.18. The van der Waals surface area contributed by atoms with Gasteiger partial charge in [-0.25, -0.2) is 9.18 Å². The molecule has 2 aromatic carbocycles. The van der Waals surface area contributed by atoms with Gasteiger partial charge in [0.25, 0.3) is 12.2 Å². The van der Waals surface area contributed by atoms with Crippen molar-refractivity contribution in [3.63, 3.8) is 0 Å². The molecule has 4 aromatic heterocycles. The molecule has 45 heavy (non-hydrogen) atoms. The second-order valence-corrected chi connectivity index (χ2v) is 10.1. The van der Waals surface area contributed by atoms with Gasteiger partial charge in [-0.05, 0) is 42.0 Å². The number of nitrogens with two attached hydrogens (primary N) is 1. The Morgan fingerprint density at radius 3 is 2.56 bits per heavy atom. The van der Waals surface area contributed by atoms with Crippen molar-refractivity contribution in [3.05, 3.63) is 108 Å². The van der Waals surface area contributed by atoms with Gasteiger partial charge in [0.1, 0.15) is 22.5 Å². The van der Waals surface area contributed by atoms with Crippen LogP contribution in [0.15, 0.2) is 85.7 Å². The number of H-pyrrole nitrogens is 1. The number of pyridine rings is 1. The van der Waals surface area contributed by atoms with Crippen LogP contribution in [0.25, 0.3) is 27.9 Å². The maximum Gasteiger partial charge on any atom is 0.411 e. The molecule has 6 aromatic rings. The molecule has 0 fully saturated rings. The SMILES string of the molecule is COC(=O)Nc1ccc(-c2cnn(C(Cn3ccc(C(N)=O)n3)c3ccc(-c4c(-[n+]5cnn[nH]5)ccc(Cl)c4F)cn3)c2)cc1. The van der Waals surface area contributed by atoms with Gasteiger partial charge in [0, 0.05) is 35.4 Å². The van der Waals surface area contributed by atoms with Crippen molar-refractivity contribution >= 4 is 29.3 Å². The summed E-state index contributed by atoms with van der Waals surface area (Å²) >= 11 is 6.14. The standard InChI is InChI=1S/C29H23ClFN11O3/c1-45-29(44)36-20-5-2-17(3-6-20)19-13-35-41(14-19)25(15-40-11-10-23(37-40)28(32)43)22-8-4-18(12-33-22)26-24(42-16-34-38-39-42)9-7-21(30)27(26)31/h2-14,16,25H,15H2,1H3,(H3,32,36,43,44)/p+1. The molecule has 0 radical (unpaired) electrons. The maximum absolute atomic E-state index is 15.4. The van der Waals surface area contributed by atoms with Crippen LogP contribution in [0, 0.1) is 5.82 Å². The topological polar surface area (TPSA) is 175 Å². The summed E-state index contributed by atoms with van der Waals surface area (Å²) in [5, 5.41) is 21.6. The van der Waals surface area contributed by atoms with Gasteiger partial charge >= 0.3 is 6.09 Å². The Kier molecular flexibility index (Phi) is 7.99. The monoisotopic (exact) mass is 628 g/mol. The first-order chi connectivity index (χ1) is 21.8. The molecule has 0 aliphatic rings. The zero-order valence-electron chi connectivity index (χ0n) is 23.5. The molecule has 0 bridgehead atoms.